The first-order chi connectivity index (χ1) is 14.6. The molecule has 0 atom stereocenters. The molecule has 0 bridgehead atoms. The molecular weight excluding hydrogens is 440 g/mol. The van der Waals surface area contributed by atoms with E-state index in [4.69, 9.17) is 17.4 Å². The van der Waals surface area contributed by atoms with Gasteiger partial charge >= 0.3 is 0 Å². The van der Waals surface area contributed by atoms with E-state index < -0.39 is 4.92 Å². The Bertz CT molecular complexity index is 1120. The zero-order valence-corrected chi connectivity index (χ0v) is 18.7. The van der Waals surface area contributed by atoms with Gasteiger partial charge in [-0.2, -0.15) is 0 Å². The molecule has 3 rings (SSSR count). The van der Waals surface area contributed by atoms with Crippen LogP contribution in [0, 0.1) is 10.1 Å². The molecule has 3 aromatic rings. The Kier molecular flexibility index (Phi) is 6.51. The molecule has 162 valence electrons. The SMILES string of the molecule is CC(C)(C)c1ccc(-c2nnc(SCC(=O)Nc3ccc([N+](=O)[O-])cc3Cl)n2N)cc1. The van der Waals surface area contributed by atoms with Crippen molar-refractivity contribution in [2.75, 3.05) is 16.9 Å². The highest BCUT2D eigenvalue weighted by atomic mass is 35.5. The van der Waals surface area contributed by atoms with Gasteiger partial charge in [0.25, 0.3) is 5.69 Å². The van der Waals surface area contributed by atoms with Crippen LogP contribution in [0.5, 0.6) is 0 Å². The summed E-state index contributed by atoms with van der Waals surface area (Å²) >= 11 is 7.11. The molecule has 11 heteroatoms. The summed E-state index contributed by atoms with van der Waals surface area (Å²) in [6.45, 7) is 6.41. The number of carbonyl (C=O) groups excluding carboxylic acids is 1. The number of nitrogen functional groups attached to an aromatic ring is 1. The van der Waals surface area contributed by atoms with Gasteiger partial charge in [-0.25, -0.2) is 4.68 Å². The predicted molar refractivity (Wildman–Crippen MR) is 122 cm³/mol. The summed E-state index contributed by atoms with van der Waals surface area (Å²) in [5.74, 6) is 6.25. The van der Waals surface area contributed by atoms with E-state index in [1.165, 1.54) is 28.4 Å². The third kappa shape index (κ3) is 5.33. The van der Waals surface area contributed by atoms with Crippen molar-refractivity contribution < 1.29 is 9.72 Å². The maximum absolute atomic E-state index is 12.3. The minimum Gasteiger partial charge on any atom is -0.335 e. The van der Waals surface area contributed by atoms with Crippen molar-refractivity contribution in [1.29, 1.82) is 0 Å². The zero-order valence-electron chi connectivity index (χ0n) is 17.1. The molecule has 2 aromatic carbocycles. The van der Waals surface area contributed by atoms with Gasteiger partial charge in [0, 0.05) is 17.7 Å². The van der Waals surface area contributed by atoms with Crippen molar-refractivity contribution in [2.45, 2.75) is 31.3 Å². The lowest BCUT2D eigenvalue weighted by molar-refractivity contribution is -0.384. The van der Waals surface area contributed by atoms with Gasteiger partial charge in [-0.15, -0.1) is 10.2 Å². The monoisotopic (exact) mass is 460 g/mol. The molecule has 1 heterocycles. The van der Waals surface area contributed by atoms with E-state index >= 15 is 0 Å². The number of nitrogens with zero attached hydrogens (tertiary/aromatic N) is 4. The van der Waals surface area contributed by atoms with Crippen LogP contribution in [0.1, 0.15) is 26.3 Å². The number of rotatable bonds is 6. The van der Waals surface area contributed by atoms with Gasteiger partial charge in [0.05, 0.1) is 21.4 Å². The van der Waals surface area contributed by atoms with Crippen LogP contribution in [0.3, 0.4) is 0 Å². The lowest BCUT2D eigenvalue weighted by Crippen LogP contribution is -2.16. The molecule has 0 aliphatic rings. The molecule has 1 aromatic heterocycles. The molecule has 0 aliphatic carbocycles. The average Bonchev–Trinajstić information content (AvgIpc) is 3.07. The van der Waals surface area contributed by atoms with Crippen molar-refractivity contribution >= 4 is 40.6 Å². The molecule has 31 heavy (non-hydrogen) atoms. The van der Waals surface area contributed by atoms with E-state index in [1.54, 1.807) is 0 Å². The highest BCUT2D eigenvalue weighted by molar-refractivity contribution is 7.99. The summed E-state index contributed by atoms with van der Waals surface area (Å²) < 4.78 is 1.34. The van der Waals surface area contributed by atoms with E-state index in [1.807, 2.05) is 24.3 Å². The first-order valence-corrected chi connectivity index (χ1v) is 10.6. The zero-order chi connectivity index (χ0) is 22.8. The number of nitrogens with one attached hydrogen (secondary N) is 1. The molecule has 0 aliphatic heterocycles. The van der Waals surface area contributed by atoms with E-state index in [-0.39, 0.29) is 33.5 Å². The fourth-order valence-corrected chi connectivity index (χ4v) is 3.61. The number of benzene rings is 2. The maximum atomic E-state index is 12.3. The highest BCUT2D eigenvalue weighted by Crippen LogP contribution is 2.28. The Morgan fingerprint density at radius 2 is 1.90 bits per heavy atom. The number of nitro groups is 1. The second kappa shape index (κ2) is 8.94. The largest absolute Gasteiger partial charge is 0.335 e. The third-order valence-electron chi connectivity index (χ3n) is 4.44. The molecular formula is C20H21ClN6O3S. The molecule has 9 nitrogen and oxygen atoms in total. The van der Waals surface area contributed by atoms with E-state index in [0.29, 0.717) is 11.0 Å². The minimum absolute atomic E-state index is 0.00557. The smallest absolute Gasteiger partial charge is 0.271 e. The van der Waals surface area contributed by atoms with Crippen LogP contribution in [0.2, 0.25) is 5.02 Å². The fourth-order valence-electron chi connectivity index (χ4n) is 2.73. The lowest BCUT2D eigenvalue weighted by Gasteiger charge is -2.19. The second-order valence-electron chi connectivity index (χ2n) is 7.76. The van der Waals surface area contributed by atoms with Gasteiger partial charge in [-0.1, -0.05) is 68.4 Å². The summed E-state index contributed by atoms with van der Waals surface area (Å²) in [7, 11) is 0. The first-order valence-electron chi connectivity index (χ1n) is 9.24. The third-order valence-corrected chi connectivity index (χ3v) is 5.70. The van der Waals surface area contributed by atoms with Crippen molar-refractivity contribution in [3.8, 4) is 11.4 Å². The maximum Gasteiger partial charge on any atom is 0.271 e. The number of non-ortho nitro benzene ring substituents is 1. The van der Waals surface area contributed by atoms with Crippen molar-refractivity contribution in [1.82, 2.24) is 14.9 Å². The Labute approximate surface area is 188 Å². The molecule has 0 spiro atoms. The Hall–Kier alpha value is -3.11. The van der Waals surface area contributed by atoms with E-state index in [2.05, 4.69) is 36.3 Å². The Balaban J connectivity index is 1.65. The molecule has 0 unspecified atom stereocenters. The Morgan fingerprint density at radius 1 is 1.23 bits per heavy atom. The lowest BCUT2D eigenvalue weighted by atomic mass is 9.87. The normalized spacial score (nSPS) is 11.4. The van der Waals surface area contributed by atoms with Crippen LogP contribution < -0.4 is 11.2 Å². The number of hydrogen-bond donors (Lipinski definition) is 2. The molecule has 0 radical (unpaired) electrons. The number of thioether (sulfide) groups is 1. The van der Waals surface area contributed by atoms with Crippen LogP contribution in [-0.4, -0.2) is 31.5 Å². The number of nitro benzene ring substituents is 1. The number of halogens is 1. The van der Waals surface area contributed by atoms with Gasteiger partial charge in [-0.05, 0) is 17.0 Å². The van der Waals surface area contributed by atoms with Crippen LogP contribution in [0.15, 0.2) is 47.6 Å². The number of amides is 1. The van der Waals surface area contributed by atoms with Crippen LogP contribution in [0.4, 0.5) is 11.4 Å². The van der Waals surface area contributed by atoms with Crippen molar-refractivity contribution in [2.24, 2.45) is 0 Å². The molecule has 0 saturated carbocycles. The fraction of sp³-hybridized carbons (Fsp3) is 0.250. The summed E-state index contributed by atoms with van der Waals surface area (Å²) in [6, 6.07) is 11.8. The van der Waals surface area contributed by atoms with E-state index in [0.717, 1.165) is 17.3 Å². The quantitative estimate of drug-likeness (QED) is 0.243. The number of hydrogen-bond acceptors (Lipinski definition) is 7. The standard InChI is InChI=1S/C20H21ClN6O3S/c1-20(2,3)13-6-4-12(5-7-13)18-24-25-19(26(18)22)31-11-17(28)23-16-9-8-14(27(29)30)10-15(16)21/h4-10H,11,22H2,1-3H3,(H,23,28). The molecule has 0 saturated heterocycles. The molecule has 0 fully saturated rings. The van der Waals surface area contributed by atoms with Crippen molar-refractivity contribution in [3.63, 3.8) is 0 Å². The van der Waals surface area contributed by atoms with Gasteiger partial charge in [0.2, 0.25) is 11.1 Å². The summed E-state index contributed by atoms with van der Waals surface area (Å²) in [5.41, 5.74) is 2.17. The first kappa shape index (κ1) is 22.6. The number of nitrogens with two attached hydrogens (primary N) is 1. The van der Waals surface area contributed by atoms with Crippen LogP contribution >= 0.6 is 23.4 Å². The Morgan fingerprint density at radius 3 is 2.48 bits per heavy atom. The summed E-state index contributed by atoms with van der Waals surface area (Å²) in [6.07, 6.45) is 0. The van der Waals surface area contributed by atoms with E-state index in [9.17, 15) is 14.9 Å². The number of aromatic nitrogens is 3. The summed E-state index contributed by atoms with van der Waals surface area (Å²) in [5, 5.41) is 22.0. The predicted octanol–water partition coefficient (Wildman–Crippen LogP) is 4.25. The van der Waals surface area contributed by atoms with Crippen LogP contribution in [0.25, 0.3) is 11.4 Å². The van der Waals surface area contributed by atoms with Gasteiger partial charge < -0.3 is 11.2 Å². The minimum atomic E-state index is -0.560. The number of anilines is 1. The molecule has 1 amide bonds. The van der Waals surface area contributed by atoms with Gasteiger partial charge in [-0.3, -0.25) is 14.9 Å². The topological polar surface area (TPSA) is 129 Å². The second-order valence-corrected chi connectivity index (χ2v) is 9.11. The van der Waals surface area contributed by atoms with Gasteiger partial charge in [0.1, 0.15) is 0 Å². The van der Waals surface area contributed by atoms with Gasteiger partial charge in [0.15, 0.2) is 5.82 Å². The van der Waals surface area contributed by atoms with Crippen LogP contribution in [-0.2, 0) is 10.2 Å². The highest BCUT2D eigenvalue weighted by Gasteiger charge is 2.17. The summed E-state index contributed by atoms with van der Waals surface area (Å²) in [4.78, 5) is 22.5. The molecule has 3 N–H and O–H groups in total. The average molecular weight is 461 g/mol. The number of carbonyl (C=O) groups is 1. The van der Waals surface area contributed by atoms with Crippen molar-refractivity contribution in [3.05, 3.63) is 63.2 Å².